The molecule has 0 saturated carbocycles. The first-order valence-corrected chi connectivity index (χ1v) is 8.34. The lowest BCUT2D eigenvalue weighted by Gasteiger charge is -2.12. The predicted octanol–water partition coefficient (Wildman–Crippen LogP) is 2.48. The lowest BCUT2D eigenvalue weighted by molar-refractivity contribution is -0.123. The highest BCUT2D eigenvalue weighted by molar-refractivity contribution is 6.32. The molecule has 28 heavy (non-hydrogen) atoms. The van der Waals surface area contributed by atoms with Crippen LogP contribution in [0.25, 0.3) is 0 Å². The van der Waals surface area contributed by atoms with Crippen molar-refractivity contribution < 1.29 is 33.3 Å². The second-order valence-corrected chi connectivity index (χ2v) is 5.75. The molecule has 0 aliphatic heterocycles. The van der Waals surface area contributed by atoms with Gasteiger partial charge >= 0.3 is 5.97 Å². The molecule has 9 heteroatoms. The van der Waals surface area contributed by atoms with Gasteiger partial charge in [0.05, 0.1) is 37.5 Å². The van der Waals surface area contributed by atoms with Gasteiger partial charge in [0, 0.05) is 0 Å². The first-order valence-electron chi connectivity index (χ1n) is 7.97. The van der Waals surface area contributed by atoms with Gasteiger partial charge in [0.25, 0.3) is 11.8 Å². The monoisotopic (exact) mass is 407 g/mol. The van der Waals surface area contributed by atoms with Crippen molar-refractivity contribution in [2.24, 2.45) is 0 Å². The molecule has 0 radical (unpaired) electrons. The van der Waals surface area contributed by atoms with Crippen LogP contribution in [0.2, 0.25) is 5.02 Å². The summed E-state index contributed by atoms with van der Waals surface area (Å²) in [4.78, 5) is 36.2. The number of carbonyl (C=O) groups is 3. The highest BCUT2D eigenvalue weighted by Crippen LogP contribution is 2.36. The van der Waals surface area contributed by atoms with Gasteiger partial charge in [-0.25, -0.2) is 4.79 Å². The Morgan fingerprint density at radius 1 is 0.964 bits per heavy atom. The number of amides is 2. The number of methoxy groups -OCH3 is 3. The van der Waals surface area contributed by atoms with Crippen molar-refractivity contribution in [1.82, 2.24) is 5.32 Å². The van der Waals surface area contributed by atoms with Crippen molar-refractivity contribution in [2.75, 3.05) is 27.9 Å². The van der Waals surface area contributed by atoms with E-state index in [1.807, 2.05) is 0 Å². The smallest absolute Gasteiger partial charge is 0.338 e. The Kier molecular flexibility index (Phi) is 7.22. The Bertz CT molecular complexity index is 898. The average molecular weight is 408 g/mol. The fourth-order valence-electron chi connectivity index (χ4n) is 2.31. The molecule has 2 aromatic carbocycles. The summed E-state index contributed by atoms with van der Waals surface area (Å²) in [7, 11) is 4.20. The van der Waals surface area contributed by atoms with E-state index in [2.05, 4.69) is 5.32 Å². The van der Waals surface area contributed by atoms with Crippen LogP contribution in [0, 0.1) is 0 Å². The number of hydrogen-bond donors (Lipinski definition) is 1. The maximum Gasteiger partial charge on any atom is 0.338 e. The van der Waals surface area contributed by atoms with Crippen molar-refractivity contribution in [3.63, 3.8) is 0 Å². The van der Waals surface area contributed by atoms with E-state index in [0.717, 1.165) is 0 Å². The van der Waals surface area contributed by atoms with E-state index < -0.39 is 24.4 Å². The van der Waals surface area contributed by atoms with E-state index in [4.69, 9.17) is 30.5 Å². The van der Waals surface area contributed by atoms with Gasteiger partial charge in [0.2, 0.25) is 0 Å². The van der Waals surface area contributed by atoms with E-state index in [1.165, 1.54) is 39.5 Å². The first kappa shape index (κ1) is 21.0. The minimum atomic E-state index is -0.817. The fourth-order valence-corrected chi connectivity index (χ4v) is 2.60. The van der Waals surface area contributed by atoms with E-state index in [1.54, 1.807) is 18.2 Å². The van der Waals surface area contributed by atoms with E-state index >= 15 is 0 Å². The highest BCUT2D eigenvalue weighted by atomic mass is 35.5. The van der Waals surface area contributed by atoms with Gasteiger partial charge in [-0.05, 0) is 24.3 Å². The van der Waals surface area contributed by atoms with Crippen LogP contribution in [-0.4, -0.2) is 45.7 Å². The summed E-state index contributed by atoms with van der Waals surface area (Å²) in [6, 6.07) is 9.09. The maximum absolute atomic E-state index is 12.2. The first-order chi connectivity index (χ1) is 13.4. The summed E-state index contributed by atoms with van der Waals surface area (Å²) in [5, 5.41) is 2.27. The number of halogens is 1. The number of hydrogen-bond acceptors (Lipinski definition) is 7. The van der Waals surface area contributed by atoms with Crippen LogP contribution in [0.1, 0.15) is 20.7 Å². The molecular formula is C19H18ClNO7. The van der Waals surface area contributed by atoms with Crippen molar-refractivity contribution in [2.45, 2.75) is 0 Å². The second-order valence-electron chi connectivity index (χ2n) is 5.35. The Morgan fingerprint density at radius 3 is 2.29 bits per heavy atom. The topological polar surface area (TPSA) is 100 Å². The van der Waals surface area contributed by atoms with Gasteiger partial charge in [-0.3, -0.25) is 14.9 Å². The molecule has 1 N–H and O–H groups in total. The molecule has 0 aliphatic rings. The van der Waals surface area contributed by atoms with Gasteiger partial charge in [0.1, 0.15) is 5.75 Å². The third-order valence-electron chi connectivity index (χ3n) is 3.61. The summed E-state index contributed by atoms with van der Waals surface area (Å²) < 4.78 is 20.2. The molecular weight excluding hydrogens is 390 g/mol. The Hall–Kier alpha value is -3.26. The molecule has 0 spiro atoms. The summed E-state index contributed by atoms with van der Waals surface area (Å²) in [5.41, 5.74) is 0.239. The SMILES string of the molecule is COc1ccccc1C(=O)NC(=O)COC(=O)c1cc(Cl)c(OC)c(OC)c1. The number of rotatable bonds is 7. The lowest BCUT2D eigenvalue weighted by Crippen LogP contribution is -2.34. The normalized spacial score (nSPS) is 10.0. The Morgan fingerprint density at radius 2 is 1.64 bits per heavy atom. The standard InChI is InChI=1S/C19H18ClNO7/c1-25-14-7-5-4-6-12(14)18(23)21-16(22)10-28-19(24)11-8-13(20)17(27-3)15(9-11)26-2/h4-9H,10H2,1-3H3,(H,21,22,23). The van der Waals surface area contributed by atoms with Crippen LogP contribution in [0.15, 0.2) is 36.4 Å². The number of nitrogens with one attached hydrogen (secondary N) is 1. The van der Waals surface area contributed by atoms with Gasteiger partial charge < -0.3 is 18.9 Å². The number of ether oxygens (including phenoxy) is 4. The van der Waals surface area contributed by atoms with Crippen molar-refractivity contribution in [3.05, 3.63) is 52.5 Å². The molecule has 0 aliphatic carbocycles. The van der Waals surface area contributed by atoms with Crippen LogP contribution in [-0.2, 0) is 9.53 Å². The van der Waals surface area contributed by atoms with Crippen LogP contribution in [0.4, 0.5) is 0 Å². The van der Waals surface area contributed by atoms with E-state index in [9.17, 15) is 14.4 Å². The molecule has 0 fully saturated rings. The van der Waals surface area contributed by atoms with Crippen LogP contribution < -0.4 is 19.5 Å². The highest BCUT2D eigenvalue weighted by Gasteiger charge is 2.19. The number of imide groups is 1. The number of esters is 1. The molecule has 0 unspecified atom stereocenters. The number of para-hydroxylation sites is 1. The minimum absolute atomic E-state index is 0.0616. The Labute approximate surface area is 166 Å². The van der Waals surface area contributed by atoms with Gasteiger partial charge in [-0.2, -0.15) is 0 Å². The van der Waals surface area contributed by atoms with Crippen molar-refractivity contribution in [1.29, 1.82) is 0 Å². The largest absolute Gasteiger partial charge is 0.496 e. The zero-order valence-electron chi connectivity index (χ0n) is 15.4. The van der Waals surface area contributed by atoms with Crippen LogP contribution >= 0.6 is 11.6 Å². The molecule has 148 valence electrons. The van der Waals surface area contributed by atoms with Gasteiger partial charge in [0.15, 0.2) is 18.1 Å². The summed E-state index contributed by atoms with van der Waals surface area (Å²) in [6.07, 6.45) is 0. The predicted molar refractivity (Wildman–Crippen MR) is 100 cm³/mol. The summed E-state index contributed by atoms with van der Waals surface area (Å²) >= 11 is 6.04. The molecule has 2 aromatic rings. The molecule has 0 atom stereocenters. The third-order valence-corrected chi connectivity index (χ3v) is 3.89. The molecule has 2 amide bonds. The molecule has 0 bridgehead atoms. The summed E-state index contributed by atoms with van der Waals surface area (Å²) in [6.45, 7) is -0.661. The fraction of sp³-hybridized carbons (Fsp3) is 0.211. The van der Waals surface area contributed by atoms with Gasteiger partial charge in [-0.1, -0.05) is 23.7 Å². The molecule has 0 heterocycles. The molecule has 0 saturated heterocycles. The zero-order chi connectivity index (χ0) is 20.7. The number of benzene rings is 2. The quantitative estimate of drug-likeness (QED) is 0.703. The average Bonchev–Trinajstić information content (AvgIpc) is 2.71. The van der Waals surface area contributed by atoms with Crippen LogP contribution in [0.3, 0.4) is 0 Å². The molecule has 2 rings (SSSR count). The second kappa shape index (κ2) is 9.61. The third kappa shape index (κ3) is 4.92. The molecule has 0 aromatic heterocycles. The van der Waals surface area contributed by atoms with Crippen molar-refractivity contribution in [3.8, 4) is 17.2 Å². The van der Waals surface area contributed by atoms with E-state index in [0.29, 0.717) is 5.75 Å². The summed E-state index contributed by atoms with van der Waals surface area (Å²) in [5.74, 6) is -1.48. The van der Waals surface area contributed by atoms with Crippen LogP contribution in [0.5, 0.6) is 17.2 Å². The minimum Gasteiger partial charge on any atom is -0.496 e. The Balaban J connectivity index is 2.00. The lowest BCUT2D eigenvalue weighted by atomic mass is 10.2. The zero-order valence-corrected chi connectivity index (χ0v) is 16.2. The molecule has 8 nitrogen and oxygen atoms in total. The van der Waals surface area contributed by atoms with Gasteiger partial charge in [-0.15, -0.1) is 0 Å². The number of carbonyl (C=O) groups excluding carboxylic acids is 3. The van der Waals surface area contributed by atoms with Crippen molar-refractivity contribution >= 4 is 29.4 Å². The maximum atomic E-state index is 12.2. The van der Waals surface area contributed by atoms with E-state index in [-0.39, 0.29) is 27.6 Å².